The molecule has 0 bridgehead atoms. The van der Waals surface area contributed by atoms with E-state index in [1.807, 2.05) is 54.6 Å². The zero-order valence-corrected chi connectivity index (χ0v) is 25.5. The second kappa shape index (κ2) is 9.82. The van der Waals surface area contributed by atoms with E-state index >= 15 is 0 Å². The van der Waals surface area contributed by atoms with Crippen molar-refractivity contribution in [3.05, 3.63) is 133 Å². The minimum atomic E-state index is 0.509. The first-order chi connectivity index (χ1) is 23.3. The van der Waals surface area contributed by atoms with Crippen LogP contribution in [0, 0.1) is 11.3 Å². The van der Waals surface area contributed by atoms with Crippen LogP contribution in [0.15, 0.2) is 132 Å². The maximum atomic E-state index is 9.43. The maximum Gasteiger partial charge on any atom is 0.238 e. The molecule has 4 heterocycles. The molecule has 10 rings (SSSR count). The Kier molecular flexibility index (Phi) is 5.41. The quantitative estimate of drug-likeness (QED) is 0.197. The van der Waals surface area contributed by atoms with Crippen LogP contribution in [0.2, 0.25) is 0 Å². The number of aromatic nitrogens is 4. The Hall–Kier alpha value is -6.36. The van der Waals surface area contributed by atoms with Crippen LogP contribution in [0.25, 0.3) is 92.6 Å². The zero-order valence-electron chi connectivity index (χ0n) is 24.7. The van der Waals surface area contributed by atoms with Gasteiger partial charge in [0.2, 0.25) is 5.95 Å². The summed E-state index contributed by atoms with van der Waals surface area (Å²) in [6, 6.07) is 44.8. The molecule has 0 aliphatic heterocycles. The van der Waals surface area contributed by atoms with E-state index in [2.05, 4.69) is 71.3 Å². The van der Waals surface area contributed by atoms with Crippen LogP contribution >= 0.6 is 11.3 Å². The number of rotatable bonds is 3. The van der Waals surface area contributed by atoms with E-state index in [9.17, 15) is 5.26 Å². The van der Waals surface area contributed by atoms with Gasteiger partial charge in [0.15, 0.2) is 17.2 Å². The van der Waals surface area contributed by atoms with Crippen LogP contribution in [-0.2, 0) is 0 Å². The third kappa shape index (κ3) is 3.73. The van der Waals surface area contributed by atoms with Gasteiger partial charge in [-0.2, -0.15) is 15.2 Å². The standard InChI is InChI=1S/C40H21N5OS/c41-22-23-18-20-25(21-19-23)39-42-38(24-10-2-1-3-11-24)43-40(44-39)45-29-15-7-4-12-26(29)32-33-28-14-6-9-17-31(28)47-37(33)36-34(35(32)45)27-13-5-8-16-30(27)46-36/h1-21H. The highest BCUT2D eigenvalue weighted by atomic mass is 32.1. The highest BCUT2D eigenvalue weighted by Gasteiger charge is 2.26. The SMILES string of the molecule is N#Cc1ccc(-c2nc(-c3ccccc3)nc(-n3c4ccccc4c4c5c6ccccc6sc5c5oc6ccccc6c5c43)n2)cc1. The number of para-hydroxylation sites is 2. The molecule has 0 amide bonds. The second-order valence-corrected chi connectivity index (χ2v) is 12.6. The number of fused-ring (bicyclic) bond motifs is 12. The molecule has 0 radical (unpaired) electrons. The zero-order chi connectivity index (χ0) is 31.1. The van der Waals surface area contributed by atoms with Crippen LogP contribution < -0.4 is 0 Å². The molecule has 0 aliphatic carbocycles. The predicted molar refractivity (Wildman–Crippen MR) is 190 cm³/mol. The molecular weight excluding hydrogens is 599 g/mol. The van der Waals surface area contributed by atoms with Crippen LogP contribution in [-0.4, -0.2) is 19.5 Å². The Morgan fingerprint density at radius 1 is 0.596 bits per heavy atom. The highest BCUT2D eigenvalue weighted by Crippen LogP contribution is 2.50. The molecule has 0 saturated heterocycles. The van der Waals surface area contributed by atoms with Gasteiger partial charge in [0.05, 0.1) is 32.8 Å². The Bertz CT molecular complexity index is 2910. The molecule has 6 aromatic carbocycles. The first kappa shape index (κ1) is 25.9. The van der Waals surface area contributed by atoms with E-state index in [0.717, 1.165) is 59.6 Å². The van der Waals surface area contributed by atoms with Gasteiger partial charge in [-0.1, -0.05) is 84.9 Å². The van der Waals surface area contributed by atoms with Gasteiger partial charge in [0.25, 0.3) is 0 Å². The summed E-state index contributed by atoms with van der Waals surface area (Å²) in [6.45, 7) is 0. The van der Waals surface area contributed by atoms with Crippen molar-refractivity contribution in [2.24, 2.45) is 0 Å². The van der Waals surface area contributed by atoms with E-state index in [0.29, 0.717) is 23.2 Å². The van der Waals surface area contributed by atoms with Gasteiger partial charge in [-0.05, 0) is 42.5 Å². The lowest BCUT2D eigenvalue weighted by molar-refractivity contribution is 0.673. The van der Waals surface area contributed by atoms with Gasteiger partial charge >= 0.3 is 0 Å². The van der Waals surface area contributed by atoms with Crippen molar-refractivity contribution in [3.8, 4) is 34.8 Å². The van der Waals surface area contributed by atoms with Gasteiger partial charge in [-0.3, -0.25) is 4.57 Å². The van der Waals surface area contributed by atoms with Gasteiger partial charge in [0.1, 0.15) is 5.58 Å². The molecule has 6 nitrogen and oxygen atoms in total. The van der Waals surface area contributed by atoms with Gasteiger partial charge in [0, 0.05) is 42.8 Å². The summed E-state index contributed by atoms with van der Waals surface area (Å²) in [5.41, 5.74) is 5.96. The first-order valence-corrected chi connectivity index (χ1v) is 16.1. The highest BCUT2D eigenvalue weighted by molar-refractivity contribution is 7.27. The Morgan fingerprint density at radius 2 is 1.26 bits per heavy atom. The van der Waals surface area contributed by atoms with Crippen molar-refractivity contribution < 1.29 is 4.42 Å². The monoisotopic (exact) mass is 619 g/mol. The molecule has 0 aliphatic rings. The van der Waals surface area contributed by atoms with Crippen molar-refractivity contribution in [1.82, 2.24) is 19.5 Å². The molecule has 7 heteroatoms. The van der Waals surface area contributed by atoms with E-state index in [-0.39, 0.29) is 0 Å². The van der Waals surface area contributed by atoms with Crippen LogP contribution in [0.5, 0.6) is 0 Å². The molecule has 10 aromatic rings. The van der Waals surface area contributed by atoms with Crippen LogP contribution in [0.1, 0.15) is 5.56 Å². The number of furan rings is 1. The fraction of sp³-hybridized carbons (Fsp3) is 0. The summed E-state index contributed by atoms with van der Waals surface area (Å²) >= 11 is 1.77. The molecule has 218 valence electrons. The van der Waals surface area contributed by atoms with Crippen molar-refractivity contribution in [2.45, 2.75) is 0 Å². The number of hydrogen-bond acceptors (Lipinski definition) is 6. The summed E-state index contributed by atoms with van der Waals surface area (Å²) in [5, 5.41) is 16.1. The number of nitriles is 1. The van der Waals surface area contributed by atoms with E-state index < -0.39 is 0 Å². The lowest BCUT2D eigenvalue weighted by Crippen LogP contribution is -2.06. The average Bonchev–Trinajstić information content (AvgIpc) is 3.82. The summed E-state index contributed by atoms with van der Waals surface area (Å²) < 4.78 is 11.2. The molecule has 0 atom stereocenters. The van der Waals surface area contributed by atoms with E-state index in [1.165, 1.54) is 15.5 Å². The fourth-order valence-corrected chi connectivity index (χ4v) is 8.03. The normalized spacial score (nSPS) is 11.8. The summed E-state index contributed by atoms with van der Waals surface area (Å²) in [5.74, 6) is 1.60. The van der Waals surface area contributed by atoms with Crippen molar-refractivity contribution in [1.29, 1.82) is 5.26 Å². The Labute approximate surface area is 271 Å². The fourth-order valence-electron chi connectivity index (χ4n) is 6.84. The Balaban J connectivity index is 1.43. The largest absolute Gasteiger partial charge is 0.454 e. The molecule has 0 N–H and O–H groups in total. The van der Waals surface area contributed by atoms with Gasteiger partial charge in [-0.15, -0.1) is 11.3 Å². The molecule has 4 aromatic heterocycles. The minimum absolute atomic E-state index is 0.509. The smallest absolute Gasteiger partial charge is 0.238 e. The lowest BCUT2D eigenvalue weighted by Gasteiger charge is -2.11. The molecular formula is C40H21N5OS. The van der Waals surface area contributed by atoms with E-state index in [4.69, 9.17) is 19.4 Å². The van der Waals surface area contributed by atoms with Crippen LogP contribution in [0.4, 0.5) is 0 Å². The number of thiophene rings is 1. The van der Waals surface area contributed by atoms with Crippen molar-refractivity contribution >= 4 is 75.3 Å². The third-order valence-electron chi connectivity index (χ3n) is 8.89. The average molecular weight is 620 g/mol. The number of benzene rings is 6. The maximum absolute atomic E-state index is 9.43. The summed E-state index contributed by atoms with van der Waals surface area (Å²) in [6.07, 6.45) is 0. The third-order valence-corrected chi connectivity index (χ3v) is 10.1. The number of hydrogen-bond donors (Lipinski definition) is 0. The molecule has 0 saturated carbocycles. The Morgan fingerprint density at radius 3 is 2.04 bits per heavy atom. The van der Waals surface area contributed by atoms with Gasteiger partial charge in [-0.25, -0.2) is 4.98 Å². The molecule has 0 unspecified atom stereocenters. The van der Waals surface area contributed by atoms with Crippen molar-refractivity contribution in [2.75, 3.05) is 0 Å². The van der Waals surface area contributed by atoms with Crippen LogP contribution in [0.3, 0.4) is 0 Å². The van der Waals surface area contributed by atoms with Crippen molar-refractivity contribution in [3.63, 3.8) is 0 Å². The molecule has 0 fully saturated rings. The lowest BCUT2D eigenvalue weighted by atomic mass is 10.0. The van der Waals surface area contributed by atoms with E-state index in [1.54, 1.807) is 23.5 Å². The summed E-state index contributed by atoms with van der Waals surface area (Å²) in [7, 11) is 0. The molecule has 47 heavy (non-hydrogen) atoms. The number of nitrogens with zero attached hydrogens (tertiary/aromatic N) is 5. The molecule has 0 spiro atoms. The minimum Gasteiger partial charge on any atom is -0.454 e. The topological polar surface area (TPSA) is 80.5 Å². The summed E-state index contributed by atoms with van der Waals surface area (Å²) in [4.78, 5) is 15.3. The predicted octanol–water partition coefficient (Wildman–Crippen LogP) is 10.4. The first-order valence-electron chi connectivity index (χ1n) is 15.3. The second-order valence-electron chi connectivity index (χ2n) is 11.5. The van der Waals surface area contributed by atoms with Gasteiger partial charge < -0.3 is 4.42 Å².